The summed E-state index contributed by atoms with van der Waals surface area (Å²) < 4.78 is 5.33. The number of nitrogens with zero attached hydrogens (tertiary/aromatic N) is 2. The van der Waals surface area contributed by atoms with Gasteiger partial charge in [-0.25, -0.2) is 0 Å². The van der Waals surface area contributed by atoms with Crippen molar-refractivity contribution in [2.45, 2.75) is 0 Å². The highest BCUT2D eigenvalue weighted by atomic mass is 16.5. The highest BCUT2D eigenvalue weighted by molar-refractivity contribution is 5.84. The summed E-state index contributed by atoms with van der Waals surface area (Å²) in [5, 5.41) is 1.94. The zero-order valence-corrected chi connectivity index (χ0v) is 10.9. The van der Waals surface area contributed by atoms with Crippen LogP contribution in [-0.2, 0) is 9.53 Å². The summed E-state index contributed by atoms with van der Waals surface area (Å²) in [6.45, 7) is 4.95. The van der Waals surface area contributed by atoms with Gasteiger partial charge in [-0.2, -0.15) is 0 Å². The van der Waals surface area contributed by atoms with Crippen molar-refractivity contribution in [1.29, 1.82) is 0 Å². The minimum atomic E-state index is 0.0401. The SMILES string of the molecule is O=C1NN(c2ccccc2)CC1CN1CCOCC1. The van der Waals surface area contributed by atoms with Crippen molar-refractivity contribution in [1.82, 2.24) is 10.3 Å². The first-order valence-electron chi connectivity index (χ1n) is 6.76. The number of carbonyl (C=O) groups is 1. The lowest BCUT2D eigenvalue weighted by molar-refractivity contribution is -0.123. The van der Waals surface area contributed by atoms with Gasteiger partial charge in [-0.15, -0.1) is 0 Å². The van der Waals surface area contributed by atoms with Crippen LogP contribution in [0.2, 0.25) is 0 Å². The lowest BCUT2D eigenvalue weighted by Crippen LogP contribution is -2.41. The van der Waals surface area contributed by atoms with Gasteiger partial charge in [-0.05, 0) is 12.1 Å². The third-order valence-corrected chi connectivity index (χ3v) is 3.67. The van der Waals surface area contributed by atoms with Crippen LogP contribution in [0.15, 0.2) is 30.3 Å². The van der Waals surface area contributed by atoms with Gasteiger partial charge in [-0.3, -0.25) is 20.1 Å². The van der Waals surface area contributed by atoms with Crippen LogP contribution in [0.5, 0.6) is 0 Å². The zero-order chi connectivity index (χ0) is 13.1. The maximum atomic E-state index is 12.0. The quantitative estimate of drug-likeness (QED) is 0.860. The molecular weight excluding hydrogens is 242 g/mol. The normalized spacial score (nSPS) is 24.5. The topological polar surface area (TPSA) is 44.8 Å². The maximum Gasteiger partial charge on any atom is 0.244 e. The number of benzene rings is 1. The molecule has 0 radical (unpaired) electrons. The monoisotopic (exact) mass is 261 g/mol. The van der Waals surface area contributed by atoms with E-state index in [-0.39, 0.29) is 11.8 Å². The maximum absolute atomic E-state index is 12.0. The second-order valence-corrected chi connectivity index (χ2v) is 5.03. The molecule has 2 heterocycles. The number of carbonyl (C=O) groups excluding carboxylic acids is 1. The average molecular weight is 261 g/mol. The van der Waals surface area contributed by atoms with Gasteiger partial charge in [0.2, 0.25) is 5.91 Å². The molecule has 0 aliphatic carbocycles. The Balaban J connectivity index is 1.60. The van der Waals surface area contributed by atoms with E-state index in [9.17, 15) is 4.79 Å². The summed E-state index contributed by atoms with van der Waals surface area (Å²) in [5.74, 6) is 0.161. The van der Waals surface area contributed by atoms with E-state index < -0.39 is 0 Å². The van der Waals surface area contributed by atoms with Crippen molar-refractivity contribution in [3.63, 3.8) is 0 Å². The largest absolute Gasteiger partial charge is 0.379 e. The number of hydrogen-bond donors (Lipinski definition) is 1. The molecule has 1 amide bonds. The van der Waals surface area contributed by atoms with Gasteiger partial charge in [0.1, 0.15) is 0 Å². The van der Waals surface area contributed by atoms with E-state index in [1.807, 2.05) is 35.3 Å². The molecule has 1 aromatic rings. The summed E-state index contributed by atoms with van der Waals surface area (Å²) in [5.41, 5.74) is 3.99. The molecule has 0 saturated carbocycles. The molecule has 0 spiro atoms. The molecule has 3 rings (SSSR count). The molecule has 5 heteroatoms. The number of hydrazine groups is 1. The third-order valence-electron chi connectivity index (χ3n) is 3.67. The van der Waals surface area contributed by atoms with Gasteiger partial charge in [-0.1, -0.05) is 18.2 Å². The number of para-hydroxylation sites is 1. The van der Waals surface area contributed by atoms with Crippen LogP contribution >= 0.6 is 0 Å². The van der Waals surface area contributed by atoms with Crippen molar-refractivity contribution >= 4 is 11.6 Å². The van der Waals surface area contributed by atoms with E-state index in [0.29, 0.717) is 0 Å². The predicted molar refractivity (Wildman–Crippen MR) is 72.7 cm³/mol. The van der Waals surface area contributed by atoms with Crippen molar-refractivity contribution in [2.75, 3.05) is 44.4 Å². The van der Waals surface area contributed by atoms with Gasteiger partial charge < -0.3 is 4.74 Å². The summed E-state index contributed by atoms with van der Waals surface area (Å²) in [7, 11) is 0. The Bertz CT molecular complexity index is 432. The lowest BCUT2D eigenvalue weighted by Gasteiger charge is -2.28. The van der Waals surface area contributed by atoms with Crippen molar-refractivity contribution in [3.8, 4) is 0 Å². The van der Waals surface area contributed by atoms with Gasteiger partial charge >= 0.3 is 0 Å². The Labute approximate surface area is 113 Å². The highest BCUT2D eigenvalue weighted by Crippen LogP contribution is 2.19. The van der Waals surface area contributed by atoms with E-state index in [4.69, 9.17) is 4.74 Å². The number of anilines is 1. The van der Waals surface area contributed by atoms with Gasteiger partial charge in [0.05, 0.1) is 31.4 Å². The summed E-state index contributed by atoms with van der Waals surface area (Å²) in [6, 6.07) is 9.97. The minimum absolute atomic E-state index is 0.0401. The highest BCUT2D eigenvalue weighted by Gasteiger charge is 2.32. The lowest BCUT2D eigenvalue weighted by atomic mass is 10.1. The van der Waals surface area contributed by atoms with Crippen LogP contribution in [-0.4, -0.2) is 50.2 Å². The molecule has 1 atom stereocenters. The van der Waals surface area contributed by atoms with Gasteiger partial charge in [0.25, 0.3) is 0 Å². The first kappa shape index (κ1) is 12.4. The molecule has 0 bridgehead atoms. The summed E-state index contributed by atoms with van der Waals surface area (Å²) in [6.07, 6.45) is 0. The Morgan fingerprint density at radius 3 is 2.68 bits per heavy atom. The van der Waals surface area contributed by atoms with E-state index in [1.54, 1.807) is 0 Å². The second-order valence-electron chi connectivity index (χ2n) is 5.03. The molecule has 2 aliphatic rings. The van der Waals surface area contributed by atoms with Gasteiger partial charge in [0, 0.05) is 19.6 Å². The number of hydrogen-bond acceptors (Lipinski definition) is 4. The van der Waals surface area contributed by atoms with Crippen LogP contribution in [0.1, 0.15) is 0 Å². The third kappa shape index (κ3) is 2.88. The standard InChI is InChI=1S/C14H19N3O2/c18-14-12(10-16-6-8-19-9-7-16)11-17(15-14)13-4-2-1-3-5-13/h1-5,12H,6-11H2,(H,15,18). The van der Waals surface area contributed by atoms with Crippen molar-refractivity contribution in [3.05, 3.63) is 30.3 Å². The predicted octanol–water partition coefficient (Wildman–Crippen LogP) is 0.486. The molecular formula is C14H19N3O2. The van der Waals surface area contributed by atoms with Crippen molar-refractivity contribution in [2.24, 2.45) is 5.92 Å². The molecule has 2 saturated heterocycles. The van der Waals surface area contributed by atoms with Crippen molar-refractivity contribution < 1.29 is 9.53 Å². The molecule has 19 heavy (non-hydrogen) atoms. The molecule has 0 aromatic heterocycles. The van der Waals surface area contributed by atoms with Crippen LogP contribution in [0.4, 0.5) is 5.69 Å². The number of ether oxygens (including phenoxy) is 1. The fraction of sp³-hybridized carbons (Fsp3) is 0.500. The number of nitrogens with one attached hydrogen (secondary N) is 1. The molecule has 102 valence electrons. The fourth-order valence-corrected chi connectivity index (χ4v) is 2.59. The Morgan fingerprint density at radius 2 is 1.95 bits per heavy atom. The molecule has 2 aliphatic heterocycles. The first-order chi connectivity index (χ1) is 9.33. The molecule has 1 N–H and O–H groups in total. The second kappa shape index (κ2) is 5.59. The number of morpholine rings is 1. The van der Waals surface area contributed by atoms with Gasteiger partial charge in [0.15, 0.2) is 0 Å². The number of rotatable bonds is 3. The summed E-state index contributed by atoms with van der Waals surface area (Å²) in [4.78, 5) is 14.3. The van der Waals surface area contributed by atoms with E-state index in [2.05, 4.69) is 10.3 Å². The fourth-order valence-electron chi connectivity index (χ4n) is 2.59. The molecule has 1 aromatic carbocycles. The van der Waals surface area contributed by atoms with Crippen LogP contribution < -0.4 is 10.4 Å². The molecule has 2 fully saturated rings. The van der Waals surface area contributed by atoms with E-state index in [1.165, 1.54) is 0 Å². The van der Waals surface area contributed by atoms with Crippen LogP contribution in [0.25, 0.3) is 0 Å². The summed E-state index contributed by atoms with van der Waals surface area (Å²) >= 11 is 0. The smallest absolute Gasteiger partial charge is 0.244 e. The number of amides is 1. The Kier molecular flexibility index (Phi) is 3.66. The average Bonchev–Trinajstić information content (AvgIpc) is 2.82. The first-order valence-corrected chi connectivity index (χ1v) is 6.76. The van der Waals surface area contributed by atoms with Crippen LogP contribution in [0.3, 0.4) is 0 Å². The Morgan fingerprint density at radius 1 is 1.21 bits per heavy atom. The van der Waals surface area contributed by atoms with E-state index in [0.717, 1.165) is 45.1 Å². The van der Waals surface area contributed by atoms with E-state index >= 15 is 0 Å². The van der Waals surface area contributed by atoms with Crippen LogP contribution in [0, 0.1) is 5.92 Å². The molecule has 5 nitrogen and oxygen atoms in total. The zero-order valence-electron chi connectivity index (χ0n) is 10.9. The Hall–Kier alpha value is -1.59. The minimum Gasteiger partial charge on any atom is -0.379 e. The molecule has 1 unspecified atom stereocenters.